The lowest BCUT2D eigenvalue weighted by atomic mass is 9.97. The normalized spacial score (nSPS) is 16.6. The van der Waals surface area contributed by atoms with Crippen molar-refractivity contribution < 1.29 is 14.6 Å². The van der Waals surface area contributed by atoms with Gasteiger partial charge in [0.15, 0.2) is 5.69 Å². The summed E-state index contributed by atoms with van der Waals surface area (Å²) in [5.41, 5.74) is 2.54. The molecular weight excluding hydrogens is 522 g/mol. The Labute approximate surface area is 217 Å². The van der Waals surface area contributed by atoms with Crippen LogP contribution in [0, 0.1) is 0 Å². The van der Waals surface area contributed by atoms with Gasteiger partial charge in [-0.3, -0.25) is 19.2 Å². The number of azo groups is 1. The largest absolute Gasteiger partial charge is 0.496 e. The van der Waals surface area contributed by atoms with Crippen molar-refractivity contribution in [1.29, 1.82) is 0 Å². The molecule has 0 aliphatic carbocycles. The highest BCUT2D eigenvalue weighted by Crippen LogP contribution is 2.41. The fraction of sp³-hybridized carbons (Fsp3) is 0.259. The molecule has 9 heteroatoms. The maximum Gasteiger partial charge on any atom is 0.299 e. The summed E-state index contributed by atoms with van der Waals surface area (Å²) >= 11 is 3.51. The minimum absolute atomic E-state index is 0.0322. The number of ether oxygens (including phenoxy) is 1. The predicted molar refractivity (Wildman–Crippen MR) is 141 cm³/mol. The Bertz CT molecular complexity index is 1420. The molecule has 1 aliphatic rings. The maximum atomic E-state index is 12.8. The number of carbonyl (C=O) groups is 1. The standard InChI is InChI=1S/C27H26BrN5O3/c1-36-24-10-3-2-8-20(24)26(34)31-30-25-21-15-19(28)11-12-23(21)33(27(25)35)17-32-14-5-4-9-22(32)18-7-6-13-29-16-18/h2-3,6-8,10-13,15-16,22,35H,4-5,9,14,17H2,1H3/t22-/m0/s1. The number of piperidine rings is 1. The molecule has 0 unspecified atom stereocenters. The minimum Gasteiger partial charge on any atom is -0.496 e. The molecule has 1 aliphatic heterocycles. The fourth-order valence-electron chi connectivity index (χ4n) is 4.80. The molecule has 5 rings (SSSR count). The van der Waals surface area contributed by atoms with Crippen LogP contribution in [0.3, 0.4) is 0 Å². The fourth-order valence-corrected chi connectivity index (χ4v) is 5.16. The molecule has 1 amide bonds. The van der Waals surface area contributed by atoms with Gasteiger partial charge in [0.1, 0.15) is 5.75 Å². The second kappa shape index (κ2) is 10.6. The van der Waals surface area contributed by atoms with Crippen molar-refractivity contribution in [3.8, 4) is 11.6 Å². The molecule has 2 aromatic heterocycles. The maximum absolute atomic E-state index is 12.8. The van der Waals surface area contributed by atoms with Crippen LogP contribution in [0.15, 0.2) is 81.7 Å². The van der Waals surface area contributed by atoms with Gasteiger partial charge < -0.3 is 9.84 Å². The number of pyridine rings is 1. The van der Waals surface area contributed by atoms with Crippen molar-refractivity contribution in [2.24, 2.45) is 10.2 Å². The number of fused-ring (bicyclic) bond motifs is 1. The number of benzene rings is 2. The molecule has 0 spiro atoms. The van der Waals surface area contributed by atoms with Gasteiger partial charge >= 0.3 is 0 Å². The second-order valence-corrected chi connectivity index (χ2v) is 9.63. The first-order valence-electron chi connectivity index (χ1n) is 11.8. The van der Waals surface area contributed by atoms with E-state index in [-0.39, 0.29) is 17.6 Å². The number of halogens is 1. The molecular formula is C27H26BrN5O3. The van der Waals surface area contributed by atoms with Crippen LogP contribution >= 0.6 is 15.9 Å². The van der Waals surface area contributed by atoms with E-state index >= 15 is 0 Å². The zero-order valence-corrected chi connectivity index (χ0v) is 21.4. The van der Waals surface area contributed by atoms with Crippen LogP contribution in [-0.4, -0.2) is 39.1 Å². The average molecular weight is 548 g/mol. The first-order valence-corrected chi connectivity index (χ1v) is 12.6. The quantitative estimate of drug-likeness (QED) is 0.274. The first-order chi connectivity index (χ1) is 17.6. The summed E-state index contributed by atoms with van der Waals surface area (Å²) in [7, 11) is 1.50. The molecule has 0 radical (unpaired) electrons. The molecule has 4 aromatic rings. The summed E-state index contributed by atoms with van der Waals surface area (Å²) in [5, 5.41) is 20.1. The van der Waals surface area contributed by atoms with E-state index in [4.69, 9.17) is 4.74 Å². The third-order valence-corrected chi connectivity index (χ3v) is 7.05. The molecule has 36 heavy (non-hydrogen) atoms. The van der Waals surface area contributed by atoms with E-state index in [1.165, 1.54) is 12.7 Å². The predicted octanol–water partition coefficient (Wildman–Crippen LogP) is 6.62. The highest BCUT2D eigenvalue weighted by atomic mass is 79.9. The summed E-state index contributed by atoms with van der Waals surface area (Å²) in [4.78, 5) is 19.4. The summed E-state index contributed by atoms with van der Waals surface area (Å²) in [6.45, 7) is 1.37. The number of nitrogens with zero attached hydrogens (tertiary/aromatic N) is 5. The third kappa shape index (κ3) is 4.76. The van der Waals surface area contributed by atoms with Crippen LogP contribution in [0.1, 0.15) is 41.2 Å². The number of amides is 1. The topological polar surface area (TPSA) is 92.3 Å². The molecule has 1 fully saturated rings. The van der Waals surface area contributed by atoms with Gasteiger partial charge in [-0.1, -0.05) is 40.5 Å². The Hall–Kier alpha value is -3.56. The van der Waals surface area contributed by atoms with Crippen LogP contribution in [0.5, 0.6) is 11.6 Å². The molecule has 1 atom stereocenters. The Balaban J connectivity index is 1.51. The van der Waals surface area contributed by atoms with Gasteiger partial charge in [0.2, 0.25) is 5.88 Å². The third-order valence-electron chi connectivity index (χ3n) is 6.56. The van der Waals surface area contributed by atoms with Gasteiger partial charge in [-0.2, -0.15) is 0 Å². The Morgan fingerprint density at radius 2 is 2.06 bits per heavy atom. The van der Waals surface area contributed by atoms with Crippen LogP contribution in [0.25, 0.3) is 10.9 Å². The van der Waals surface area contributed by atoms with Crippen molar-refractivity contribution in [2.45, 2.75) is 32.0 Å². The van der Waals surface area contributed by atoms with Gasteiger partial charge in [0, 0.05) is 34.8 Å². The molecule has 1 saturated heterocycles. The van der Waals surface area contributed by atoms with Crippen LogP contribution in [0.2, 0.25) is 0 Å². The van der Waals surface area contributed by atoms with Crippen molar-refractivity contribution in [3.05, 3.63) is 82.6 Å². The Kier molecular flexibility index (Phi) is 7.11. The summed E-state index contributed by atoms with van der Waals surface area (Å²) < 4.78 is 7.94. The molecule has 0 bridgehead atoms. The lowest BCUT2D eigenvalue weighted by Crippen LogP contribution is -2.34. The van der Waals surface area contributed by atoms with Crippen molar-refractivity contribution >= 4 is 38.4 Å². The Morgan fingerprint density at radius 1 is 1.19 bits per heavy atom. The minimum atomic E-state index is -0.546. The van der Waals surface area contributed by atoms with Gasteiger partial charge in [0.25, 0.3) is 5.91 Å². The van der Waals surface area contributed by atoms with E-state index in [1.807, 2.05) is 35.0 Å². The lowest BCUT2D eigenvalue weighted by Gasteiger charge is -2.36. The van der Waals surface area contributed by atoms with E-state index in [2.05, 4.69) is 42.1 Å². The summed E-state index contributed by atoms with van der Waals surface area (Å²) in [6, 6.07) is 16.8. The zero-order valence-electron chi connectivity index (χ0n) is 19.8. The molecule has 2 aromatic carbocycles. The van der Waals surface area contributed by atoms with E-state index < -0.39 is 5.91 Å². The zero-order chi connectivity index (χ0) is 25.1. The van der Waals surface area contributed by atoms with E-state index in [0.29, 0.717) is 23.4 Å². The number of para-hydroxylation sites is 1. The molecule has 0 saturated carbocycles. The van der Waals surface area contributed by atoms with Crippen molar-refractivity contribution in [3.63, 3.8) is 0 Å². The van der Waals surface area contributed by atoms with Gasteiger partial charge in [-0.15, -0.1) is 10.2 Å². The highest BCUT2D eigenvalue weighted by Gasteiger charge is 2.27. The highest BCUT2D eigenvalue weighted by molar-refractivity contribution is 9.10. The van der Waals surface area contributed by atoms with Crippen LogP contribution in [-0.2, 0) is 6.67 Å². The molecule has 184 valence electrons. The number of likely N-dealkylation sites (tertiary alicyclic amines) is 1. The van der Waals surface area contributed by atoms with Gasteiger partial charge in [-0.25, -0.2) is 0 Å². The van der Waals surface area contributed by atoms with Crippen LogP contribution < -0.4 is 4.74 Å². The average Bonchev–Trinajstić information content (AvgIpc) is 3.17. The van der Waals surface area contributed by atoms with Gasteiger partial charge in [-0.05, 0) is 54.8 Å². The smallest absolute Gasteiger partial charge is 0.299 e. The first kappa shape index (κ1) is 24.1. The number of rotatable bonds is 6. The summed E-state index contributed by atoms with van der Waals surface area (Å²) in [5.74, 6) is -0.159. The number of aromatic hydroxyl groups is 1. The summed E-state index contributed by atoms with van der Waals surface area (Å²) in [6.07, 6.45) is 6.95. The van der Waals surface area contributed by atoms with Crippen molar-refractivity contribution in [2.75, 3.05) is 13.7 Å². The molecule has 3 heterocycles. The number of carbonyl (C=O) groups excluding carboxylic acids is 1. The number of hydrogen-bond acceptors (Lipinski definition) is 6. The second-order valence-electron chi connectivity index (χ2n) is 8.72. The van der Waals surface area contributed by atoms with E-state index in [1.54, 1.807) is 30.5 Å². The SMILES string of the molecule is COc1ccccc1C(=O)N=Nc1c(O)n(CN2CCCC[C@H]2c2cccnc2)c2ccc(Br)cc12. The Morgan fingerprint density at radius 3 is 2.86 bits per heavy atom. The monoisotopic (exact) mass is 547 g/mol. The number of methoxy groups -OCH3 is 1. The number of hydrogen-bond donors (Lipinski definition) is 1. The van der Waals surface area contributed by atoms with Crippen molar-refractivity contribution in [1.82, 2.24) is 14.5 Å². The number of aromatic nitrogens is 2. The van der Waals surface area contributed by atoms with E-state index in [9.17, 15) is 9.90 Å². The molecule has 1 N–H and O–H groups in total. The lowest BCUT2D eigenvalue weighted by molar-refractivity contribution is 0.0992. The van der Waals surface area contributed by atoms with E-state index in [0.717, 1.165) is 35.8 Å². The van der Waals surface area contributed by atoms with Gasteiger partial charge in [0.05, 0.1) is 24.9 Å². The molecule has 8 nitrogen and oxygen atoms in total. The van der Waals surface area contributed by atoms with Crippen LogP contribution in [0.4, 0.5) is 5.69 Å².